The number of rotatable bonds is 5. The topological polar surface area (TPSA) is 20.3 Å². The zero-order chi connectivity index (χ0) is 12.3. The third-order valence-corrected chi connectivity index (χ3v) is 4.54. The van der Waals surface area contributed by atoms with E-state index in [1.54, 1.807) is 0 Å². The Morgan fingerprint density at radius 2 is 1.88 bits per heavy atom. The predicted octanol–water partition coefficient (Wildman–Crippen LogP) is 3.54. The molecule has 0 aromatic carbocycles. The van der Waals surface area contributed by atoms with E-state index in [0.29, 0.717) is 17.9 Å². The first kappa shape index (κ1) is 13.1. The van der Waals surface area contributed by atoms with Crippen LogP contribution in [-0.2, 0) is 4.79 Å². The first-order valence-corrected chi connectivity index (χ1v) is 7.55. The Bertz CT molecular complexity index is 264. The van der Waals surface area contributed by atoms with Crippen molar-refractivity contribution in [3.05, 3.63) is 0 Å². The highest BCUT2D eigenvalue weighted by Gasteiger charge is 2.41. The van der Waals surface area contributed by atoms with Crippen molar-refractivity contribution < 1.29 is 4.79 Å². The van der Waals surface area contributed by atoms with Gasteiger partial charge in [0.1, 0.15) is 5.78 Å². The fraction of sp³-hybridized carbons (Fsp3) is 0.933. The summed E-state index contributed by atoms with van der Waals surface area (Å²) in [4.78, 5) is 14.5. The van der Waals surface area contributed by atoms with Gasteiger partial charge in [0, 0.05) is 31.0 Å². The van der Waals surface area contributed by atoms with Crippen LogP contribution in [0.25, 0.3) is 0 Å². The van der Waals surface area contributed by atoms with Crippen LogP contribution < -0.4 is 0 Å². The van der Waals surface area contributed by atoms with Crippen LogP contribution in [-0.4, -0.2) is 28.8 Å². The second-order valence-corrected chi connectivity index (χ2v) is 5.86. The van der Waals surface area contributed by atoms with Crippen molar-refractivity contribution in [2.45, 2.75) is 89.8 Å². The van der Waals surface area contributed by atoms with Crippen LogP contribution in [0.2, 0.25) is 0 Å². The molecule has 2 nitrogen and oxygen atoms in total. The average Bonchev–Trinajstić information content (AvgIpc) is 2.69. The molecule has 17 heavy (non-hydrogen) atoms. The minimum Gasteiger partial charge on any atom is -0.300 e. The lowest BCUT2D eigenvalue weighted by Gasteiger charge is -2.41. The molecule has 2 aliphatic heterocycles. The van der Waals surface area contributed by atoms with Crippen molar-refractivity contribution in [2.24, 2.45) is 0 Å². The van der Waals surface area contributed by atoms with Crippen molar-refractivity contribution in [1.29, 1.82) is 0 Å². The van der Waals surface area contributed by atoms with Gasteiger partial charge in [0.25, 0.3) is 0 Å². The molecular weight excluding hydrogens is 210 g/mol. The van der Waals surface area contributed by atoms with E-state index in [1.807, 2.05) is 0 Å². The summed E-state index contributed by atoms with van der Waals surface area (Å²) >= 11 is 0. The number of unbranched alkanes of at least 4 members (excludes halogenated alkanes) is 1. The first-order chi connectivity index (χ1) is 8.26. The number of hydrogen-bond donors (Lipinski definition) is 0. The molecule has 0 N–H and O–H groups in total. The predicted molar refractivity (Wildman–Crippen MR) is 71.1 cm³/mol. The Morgan fingerprint density at radius 3 is 2.59 bits per heavy atom. The molecule has 0 aliphatic carbocycles. The Hall–Kier alpha value is -0.370. The summed E-state index contributed by atoms with van der Waals surface area (Å²) in [5.41, 5.74) is 0. The molecule has 0 saturated carbocycles. The Morgan fingerprint density at radius 1 is 1.06 bits per heavy atom. The molecule has 0 bridgehead atoms. The van der Waals surface area contributed by atoms with Crippen molar-refractivity contribution in [2.75, 3.05) is 0 Å². The normalized spacial score (nSPS) is 34.0. The lowest BCUT2D eigenvalue weighted by molar-refractivity contribution is -0.125. The van der Waals surface area contributed by atoms with Crippen LogP contribution in [0.1, 0.15) is 71.6 Å². The summed E-state index contributed by atoms with van der Waals surface area (Å²) in [5.74, 6) is 0.515. The van der Waals surface area contributed by atoms with E-state index in [1.165, 1.54) is 44.9 Å². The molecule has 98 valence electrons. The molecule has 0 aromatic rings. The van der Waals surface area contributed by atoms with Crippen molar-refractivity contribution in [3.8, 4) is 0 Å². The molecule has 0 unspecified atom stereocenters. The van der Waals surface area contributed by atoms with Crippen LogP contribution in [0.3, 0.4) is 0 Å². The quantitative estimate of drug-likeness (QED) is 0.729. The number of Topliss-reactive ketones (excluding diaryl/α,β-unsaturated/α-hetero) is 1. The molecule has 2 fully saturated rings. The molecular formula is C15H27NO. The molecule has 0 radical (unpaired) electrons. The third kappa shape index (κ3) is 2.90. The first-order valence-electron chi connectivity index (χ1n) is 7.55. The molecule has 2 rings (SSSR count). The minimum absolute atomic E-state index is 0.515. The molecule has 2 heteroatoms. The molecule has 2 saturated heterocycles. The summed E-state index contributed by atoms with van der Waals surface area (Å²) in [6.45, 7) is 4.51. The SMILES string of the molecule is CCCC[C@@H]1CC[C@H]2CC(=O)C[C@@H](CCC)N12. The summed E-state index contributed by atoms with van der Waals surface area (Å²) in [7, 11) is 0. The van der Waals surface area contributed by atoms with Gasteiger partial charge in [0.15, 0.2) is 0 Å². The second-order valence-electron chi connectivity index (χ2n) is 5.86. The van der Waals surface area contributed by atoms with Crippen molar-refractivity contribution in [1.82, 2.24) is 4.90 Å². The number of piperidine rings is 1. The van der Waals surface area contributed by atoms with E-state index in [2.05, 4.69) is 18.7 Å². The monoisotopic (exact) mass is 237 g/mol. The lowest BCUT2D eigenvalue weighted by atomic mass is 9.92. The maximum Gasteiger partial charge on any atom is 0.136 e. The van der Waals surface area contributed by atoms with Gasteiger partial charge in [0.05, 0.1) is 0 Å². The Labute approximate surface area is 106 Å². The standard InChI is InChI=1S/C15H27NO/c1-3-5-7-12-8-9-14-11-15(17)10-13(6-4-2)16(12)14/h12-14H,3-11H2,1-2H3/t12-,13-,14+/m1/s1. The summed E-state index contributed by atoms with van der Waals surface area (Å²) in [5, 5.41) is 0. The van der Waals surface area contributed by atoms with E-state index in [4.69, 9.17) is 0 Å². The third-order valence-electron chi connectivity index (χ3n) is 4.54. The van der Waals surface area contributed by atoms with E-state index in [-0.39, 0.29) is 0 Å². The van der Waals surface area contributed by atoms with E-state index in [0.717, 1.165) is 18.9 Å². The Kier molecular flexibility index (Phi) is 4.61. The number of ketones is 1. The van der Waals surface area contributed by atoms with E-state index >= 15 is 0 Å². The maximum absolute atomic E-state index is 11.8. The maximum atomic E-state index is 11.8. The number of carbonyl (C=O) groups excluding carboxylic acids is 1. The molecule has 3 atom stereocenters. The van der Waals surface area contributed by atoms with Gasteiger partial charge in [-0.2, -0.15) is 0 Å². The zero-order valence-electron chi connectivity index (χ0n) is 11.5. The van der Waals surface area contributed by atoms with Gasteiger partial charge in [-0.15, -0.1) is 0 Å². The molecule has 0 aromatic heterocycles. The van der Waals surface area contributed by atoms with Gasteiger partial charge in [-0.25, -0.2) is 0 Å². The van der Waals surface area contributed by atoms with Gasteiger partial charge in [0.2, 0.25) is 0 Å². The van der Waals surface area contributed by atoms with Crippen LogP contribution in [0.4, 0.5) is 0 Å². The largest absolute Gasteiger partial charge is 0.300 e. The van der Waals surface area contributed by atoms with Crippen molar-refractivity contribution in [3.63, 3.8) is 0 Å². The van der Waals surface area contributed by atoms with Crippen LogP contribution in [0.15, 0.2) is 0 Å². The second kappa shape index (κ2) is 5.99. The van der Waals surface area contributed by atoms with Crippen LogP contribution in [0.5, 0.6) is 0 Å². The molecule has 0 spiro atoms. The van der Waals surface area contributed by atoms with Gasteiger partial charge in [-0.1, -0.05) is 33.1 Å². The number of fused-ring (bicyclic) bond motifs is 1. The van der Waals surface area contributed by atoms with Crippen LogP contribution in [0, 0.1) is 0 Å². The number of hydrogen-bond acceptors (Lipinski definition) is 2. The van der Waals surface area contributed by atoms with Crippen molar-refractivity contribution >= 4 is 5.78 Å². The summed E-state index contributed by atoms with van der Waals surface area (Å²) in [6.07, 6.45) is 10.7. The van der Waals surface area contributed by atoms with E-state index in [9.17, 15) is 4.79 Å². The van der Waals surface area contributed by atoms with Gasteiger partial charge < -0.3 is 0 Å². The zero-order valence-corrected chi connectivity index (χ0v) is 11.5. The number of carbonyl (C=O) groups is 1. The fourth-order valence-corrected chi connectivity index (χ4v) is 3.82. The summed E-state index contributed by atoms with van der Waals surface area (Å²) in [6, 6.07) is 1.94. The van der Waals surface area contributed by atoms with E-state index < -0.39 is 0 Å². The van der Waals surface area contributed by atoms with Gasteiger partial charge in [-0.05, 0) is 25.7 Å². The number of nitrogens with zero attached hydrogens (tertiary/aromatic N) is 1. The summed E-state index contributed by atoms with van der Waals surface area (Å²) < 4.78 is 0. The Balaban J connectivity index is 2.01. The highest BCUT2D eigenvalue weighted by molar-refractivity contribution is 5.80. The lowest BCUT2D eigenvalue weighted by Crippen LogP contribution is -2.49. The van der Waals surface area contributed by atoms with Gasteiger partial charge in [-0.3, -0.25) is 9.69 Å². The highest BCUT2D eigenvalue weighted by Crippen LogP contribution is 2.37. The molecule has 0 amide bonds. The molecule has 2 aliphatic rings. The fourth-order valence-electron chi connectivity index (χ4n) is 3.82. The average molecular weight is 237 g/mol. The highest BCUT2D eigenvalue weighted by atomic mass is 16.1. The molecule has 2 heterocycles. The van der Waals surface area contributed by atoms with Crippen LogP contribution >= 0.6 is 0 Å². The minimum atomic E-state index is 0.515. The smallest absolute Gasteiger partial charge is 0.136 e. The van der Waals surface area contributed by atoms with Gasteiger partial charge >= 0.3 is 0 Å².